The predicted octanol–water partition coefficient (Wildman–Crippen LogP) is 3.96. The van der Waals surface area contributed by atoms with E-state index in [9.17, 15) is 0 Å². The number of benzene rings is 1. The van der Waals surface area contributed by atoms with E-state index in [0.29, 0.717) is 16.6 Å². The van der Waals surface area contributed by atoms with E-state index in [1.54, 1.807) is 6.07 Å². The molecule has 21 heavy (non-hydrogen) atoms. The SMILES string of the molecule is N#Cc1ccc(NC2CCN(Cc3cccs3)C2)cc1Cl. The summed E-state index contributed by atoms with van der Waals surface area (Å²) in [6, 6.07) is 12.3. The Bertz CT molecular complexity index is 648. The van der Waals surface area contributed by atoms with E-state index in [1.807, 2.05) is 23.5 Å². The van der Waals surface area contributed by atoms with Crippen LogP contribution in [0, 0.1) is 11.3 Å². The molecule has 1 saturated heterocycles. The van der Waals surface area contributed by atoms with E-state index < -0.39 is 0 Å². The highest BCUT2D eigenvalue weighted by molar-refractivity contribution is 7.09. The van der Waals surface area contributed by atoms with Crippen molar-refractivity contribution in [3.05, 3.63) is 51.2 Å². The van der Waals surface area contributed by atoms with E-state index in [2.05, 4.69) is 33.8 Å². The van der Waals surface area contributed by atoms with Gasteiger partial charge in [0, 0.05) is 36.2 Å². The number of anilines is 1. The van der Waals surface area contributed by atoms with Gasteiger partial charge in [0.05, 0.1) is 10.6 Å². The van der Waals surface area contributed by atoms with Gasteiger partial charge in [-0.25, -0.2) is 0 Å². The number of halogens is 1. The van der Waals surface area contributed by atoms with Gasteiger partial charge in [-0.2, -0.15) is 5.26 Å². The van der Waals surface area contributed by atoms with Crippen LogP contribution in [0.5, 0.6) is 0 Å². The monoisotopic (exact) mass is 317 g/mol. The Morgan fingerprint density at radius 2 is 2.33 bits per heavy atom. The summed E-state index contributed by atoms with van der Waals surface area (Å²) < 4.78 is 0. The van der Waals surface area contributed by atoms with Crippen LogP contribution >= 0.6 is 22.9 Å². The van der Waals surface area contributed by atoms with Gasteiger partial charge >= 0.3 is 0 Å². The smallest absolute Gasteiger partial charge is 0.101 e. The van der Waals surface area contributed by atoms with Gasteiger partial charge < -0.3 is 5.32 Å². The molecule has 0 bridgehead atoms. The number of likely N-dealkylation sites (tertiary alicyclic amines) is 1. The molecule has 0 aliphatic carbocycles. The number of nitrogens with zero attached hydrogens (tertiary/aromatic N) is 2. The van der Waals surface area contributed by atoms with Crippen LogP contribution < -0.4 is 5.32 Å². The lowest BCUT2D eigenvalue weighted by Gasteiger charge is -2.17. The van der Waals surface area contributed by atoms with Gasteiger partial charge in [0.2, 0.25) is 0 Å². The Morgan fingerprint density at radius 3 is 3.05 bits per heavy atom. The summed E-state index contributed by atoms with van der Waals surface area (Å²) in [5, 5.41) is 15.0. The average molecular weight is 318 g/mol. The molecule has 1 aromatic carbocycles. The molecule has 108 valence electrons. The molecule has 1 aliphatic rings. The third-order valence-corrected chi connectivity index (χ3v) is 4.87. The van der Waals surface area contributed by atoms with E-state index in [-0.39, 0.29) is 0 Å². The van der Waals surface area contributed by atoms with Gasteiger partial charge in [0.15, 0.2) is 0 Å². The fraction of sp³-hybridized carbons (Fsp3) is 0.312. The number of nitrogens with one attached hydrogen (secondary N) is 1. The molecule has 1 aliphatic heterocycles. The molecular formula is C16H16ClN3S. The van der Waals surface area contributed by atoms with Crippen molar-refractivity contribution >= 4 is 28.6 Å². The maximum Gasteiger partial charge on any atom is 0.101 e. The minimum absolute atomic E-state index is 0.439. The van der Waals surface area contributed by atoms with E-state index >= 15 is 0 Å². The normalized spacial score (nSPS) is 18.6. The molecule has 1 fully saturated rings. The zero-order valence-electron chi connectivity index (χ0n) is 11.6. The van der Waals surface area contributed by atoms with Crippen LogP contribution in [-0.2, 0) is 6.54 Å². The second-order valence-electron chi connectivity index (χ2n) is 5.25. The first-order valence-electron chi connectivity index (χ1n) is 6.95. The van der Waals surface area contributed by atoms with Gasteiger partial charge in [-0.3, -0.25) is 4.90 Å². The van der Waals surface area contributed by atoms with Crippen LogP contribution in [0.4, 0.5) is 5.69 Å². The molecule has 0 saturated carbocycles. The van der Waals surface area contributed by atoms with Crippen molar-refractivity contribution in [2.45, 2.75) is 19.0 Å². The number of hydrogen-bond acceptors (Lipinski definition) is 4. The first-order chi connectivity index (χ1) is 10.2. The predicted molar refractivity (Wildman–Crippen MR) is 87.8 cm³/mol. The summed E-state index contributed by atoms with van der Waals surface area (Å²) in [6.45, 7) is 3.18. The van der Waals surface area contributed by atoms with Crippen LogP contribution in [0.1, 0.15) is 16.9 Å². The summed E-state index contributed by atoms with van der Waals surface area (Å²) in [6.07, 6.45) is 1.13. The number of rotatable bonds is 4. The van der Waals surface area contributed by atoms with E-state index in [0.717, 1.165) is 31.7 Å². The zero-order valence-corrected chi connectivity index (χ0v) is 13.1. The number of thiophene rings is 1. The van der Waals surface area contributed by atoms with Gasteiger partial charge in [0.1, 0.15) is 6.07 Å². The van der Waals surface area contributed by atoms with Crippen LogP contribution in [-0.4, -0.2) is 24.0 Å². The minimum Gasteiger partial charge on any atom is -0.381 e. The molecule has 0 spiro atoms. The lowest BCUT2D eigenvalue weighted by atomic mass is 10.2. The maximum absolute atomic E-state index is 8.89. The fourth-order valence-electron chi connectivity index (χ4n) is 2.65. The summed E-state index contributed by atoms with van der Waals surface area (Å²) in [5.41, 5.74) is 1.51. The molecule has 2 aromatic rings. The highest BCUT2D eigenvalue weighted by Gasteiger charge is 2.22. The Balaban J connectivity index is 1.57. The van der Waals surface area contributed by atoms with Gasteiger partial charge in [-0.15, -0.1) is 11.3 Å². The average Bonchev–Trinajstić information content (AvgIpc) is 3.12. The lowest BCUT2D eigenvalue weighted by molar-refractivity contribution is 0.331. The molecule has 1 unspecified atom stereocenters. The van der Waals surface area contributed by atoms with Crippen LogP contribution in [0.25, 0.3) is 0 Å². The van der Waals surface area contributed by atoms with Crippen LogP contribution in [0.15, 0.2) is 35.7 Å². The standard InChI is InChI=1S/C16H16ClN3S/c17-16-8-13(4-3-12(16)9-18)19-14-5-6-20(10-14)11-15-2-1-7-21-15/h1-4,7-8,14,19H,5-6,10-11H2. The minimum atomic E-state index is 0.439. The van der Waals surface area contributed by atoms with Crippen molar-refractivity contribution in [2.24, 2.45) is 0 Å². The van der Waals surface area contributed by atoms with Gasteiger partial charge in [-0.05, 0) is 36.1 Å². The second-order valence-corrected chi connectivity index (χ2v) is 6.69. The van der Waals surface area contributed by atoms with Crippen molar-refractivity contribution in [3.63, 3.8) is 0 Å². The summed E-state index contributed by atoms with van der Waals surface area (Å²) in [7, 11) is 0. The Morgan fingerprint density at radius 1 is 1.43 bits per heavy atom. The van der Waals surface area contributed by atoms with Gasteiger partial charge in [-0.1, -0.05) is 17.7 Å². The first kappa shape index (κ1) is 14.4. The highest BCUT2D eigenvalue weighted by Crippen LogP contribution is 2.23. The van der Waals surface area contributed by atoms with Crippen LogP contribution in [0.3, 0.4) is 0 Å². The fourth-order valence-corrected chi connectivity index (χ4v) is 3.62. The van der Waals surface area contributed by atoms with E-state index in [4.69, 9.17) is 16.9 Å². The van der Waals surface area contributed by atoms with Crippen molar-refractivity contribution in [1.82, 2.24) is 4.90 Å². The van der Waals surface area contributed by atoms with Crippen LogP contribution in [0.2, 0.25) is 5.02 Å². The third-order valence-electron chi connectivity index (χ3n) is 3.69. The topological polar surface area (TPSA) is 39.1 Å². The van der Waals surface area contributed by atoms with Crippen molar-refractivity contribution in [3.8, 4) is 6.07 Å². The Hall–Kier alpha value is -1.54. The highest BCUT2D eigenvalue weighted by atomic mass is 35.5. The number of nitriles is 1. The Labute approximate surface area is 133 Å². The summed E-state index contributed by atoms with van der Waals surface area (Å²) in [5.74, 6) is 0. The number of hydrogen-bond donors (Lipinski definition) is 1. The van der Waals surface area contributed by atoms with Crippen molar-refractivity contribution in [1.29, 1.82) is 5.26 Å². The maximum atomic E-state index is 8.89. The van der Waals surface area contributed by atoms with E-state index in [1.165, 1.54) is 4.88 Å². The molecule has 5 heteroatoms. The molecule has 1 N–H and O–H groups in total. The molecule has 0 radical (unpaired) electrons. The van der Waals surface area contributed by atoms with Crippen molar-refractivity contribution in [2.75, 3.05) is 18.4 Å². The molecule has 3 nitrogen and oxygen atoms in total. The molecule has 2 heterocycles. The zero-order chi connectivity index (χ0) is 14.7. The van der Waals surface area contributed by atoms with Crippen molar-refractivity contribution < 1.29 is 0 Å². The van der Waals surface area contributed by atoms with Gasteiger partial charge in [0.25, 0.3) is 0 Å². The molecule has 1 aromatic heterocycles. The summed E-state index contributed by atoms with van der Waals surface area (Å²) in [4.78, 5) is 3.88. The quantitative estimate of drug-likeness (QED) is 0.927. The summed E-state index contributed by atoms with van der Waals surface area (Å²) >= 11 is 7.88. The molecule has 1 atom stereocenters. The molecular weight excluding hydrogens is 302 g/mol. The molecule has 0 amide bonds. The second kappa shape index (κ2) is 6.48. The first-order valence-corrected chi connectivity index (χ1v) is 8.21. The Kier molecular flexibility index (Phi) is 4.45. The molecule has 3 rings (SSSR count). The lowest BCUT2D eigenvalue weighted by Crippen LogP contribution is -2.25. The third kappa shape index (κ3) is 3.56. The largest absolute Gasteiger partial charge is 0.381 e.